The number of hydrogen-bond donors (Lipinski definition) is 2. The van der Waals surface area contributed by atoms with Crippen molar-refractivity contribution in [3.63, 3.8) is 0 Å². The highest BCUT2D eigenvalue weighted by Gasteiger charge is 2.26. The van der Waals surface area contributed by atoms with Crippen LogP contribution in [-0.2, 0) is 0 Å². The number of thiophene rings is 1. The zero-order chi connectivity index (χ0) is 20.7. The van der Waals surface area contributed by atoms with Crippen LogP contribution in [0.3, 0.4) is 0 Å². The molecule has 0 saturated carbocycles. The summed E-state index contributed by atoms with van der Waals surface area (Å²) < 4.78 is 30.2. The first-order valence-corrected chi connectivity index (χ1v) is 10.1. The van der Waals surface area contributed by atoms with E-state index in [-0.39, 0.29) is 28.3 Å². The number of carbonyl (C=O) groups is 1. The summed E-state index contributed by atoms with van der Waals surface area (Å²) in [5.41, 5.74) is 1.06. The molecule has 1 aliphatic rings. The van der Waals surface area contributed by atoms with E-state index < -0.39 is 17.5 Å². The average Bonchev–Trinajstić information content (AvgIpc) is 3.23. The Hall–Kier alpha value is -2.46. The maximum atomic E-state index is 14.5. The van der Waals surface area contributed by atoms with Gasteiger partial charge in [0.15, 0.2) is 11.5 Å². The summed E-state index contributed by atoms with van der Waals surface area (Å²) in [4.78, 5) is 18.7. The molecule has 3 aromatic rings. The number of pyridine rings is 1. The van der Waals surface area contributed by atoms with Crippen molar-refractivity contribution in [2.24, 2.45) is 0 Å². The first kappa shape index (κ1) is 19.8. The summed E-state index contributed by atoms with van der Waals surface area (Å²) in [7, 11) is 5.77. The summed E-state index contributed by atoms with van der Waals surface area (Å²) in [6.45, 7) is 5.12. The Morgan fingerprint density at radius 2 is 2.14 bits per heavy atom. The molecular formula is C19H20BF2N5OS. The van der Waals surface area contributed by atoms with Crippen molar-refractivity contribution >= 4 is 41.4 Å². The maximum absolute atomic E-state index is 14.5. The monoisotopic (exact) mass is 415 g/mol. The van der Waals surface area contributed by atoms with E-state index in [2.05, 4.69) is 15.6 Å². The van der Waals surface area contributed by atoms with Crippen LogP contribution in [-0.4, -0.2) is 48.3 Å². The van der Waals surface area contributed by atoms with Crippen LogP contribution in [0.4, 0.5) is 19.5 Å². The second kappa shape index (κ2) is 7.76. The number of carbonyl (C=O) groups excluding carboxylic acids is 1. The number of amides is 1. The zero-order valence-electron chi connectivity index (χ0n) is 16.1. The standard InChI is InChI=1S/C19H20BF2N5OS/c1-10-6-26(9-13(5-20)23-10)16-4-14(21)17(29-16)19(28)25-12-3-15(22)18-24-11(2)7-27(18)8-12/h3-4,7-8,10,13,23H,5-6,9H2,1-2H3,(H,25,28)/t10?,13-/m1/s1. The van der Waals surface area contributed by atoms with Gasteiger partial charge in [-0.25, -0.2) is 13.8 Å². The third-order valence-corrected chi connectivity index (χ3v) is 5.99. The van der Waals surface area contributed by atoms with E-state index in [1.54, 1.807) is 19.3 Å². The third-order valence-electron chi connectivity index (χ3n) is 4.82. The zero-order valence-corrected chi connectivity index (χ0v) is 16.9. The lowest BCUT2D eigenvalue weighted by atomic mass is 9.94. The van der Waals surface area contributed by atoms with Gasteiger partial charge in [0.05, 0.1) is 24.2 Å². The Labute approximate surface area is 172 Å². The molecule has 3 aromatic heterocycles. The minimum Gasteiger partial charge on any atom is -0.360 e. The first-order valence-electron chi connectivity index (χ1n) is 9.30. The Morgan fingerprint density at radius 1 is 1.34 bits per heavy atom. The van der Waals surface area contributed by atoms with E-state index in [4.69, 9.17) is 7.85 Å². The molecule has 29 heavy (non-hydrogen) atoms. The fourth-order valence-electron chi connectivity index (χ4n) is 3.60. The molecule has 1 saturated heterocycles. The number of nitrogens with zero attached hydrogens (tertiary/aromatic N) is 3. The molecule has 150 valence electrons. The lowest BCUT2D eigenvalue weighted by molar-refractivity contribution is 0.102. The molecule has 0 bridgehead atoms. The summed E-state index contributed by atoms with van der Waals surface area (Å²) >= 11 is 1.08. The minimum atomic E-state index is -0.618. The summed E-state index contributed by atoms with van der Waals surface area (Å²) in [6, 6.07) is 2.85. The number of aromatic nitrogens is 2. The van der Waals surface area contributed by atoms with Crippen molar-refractivity contribution in [1.29, 1.82) is 0 Å². The van der Waals surface area contributed by atoms with Crippen molar-refractivity contribution in [3.8, 4) is 0 Å². The predicted molar refractivity (Wildman–Crippen MR) is 111 cm³/mol. The molecule has 10 heteroatoms. The summed E-state index contributed by atoms with van der Waals surface area (Å²) in [6.07, 6.45) is 3.67. The van der Waals surface area contributed by atoms with Gasteiger partial charge in [-0.15, -0.1) is 11.3 Å². The normalized spacial score (nSPS) is 19.7. The molecular weight excluding hydrogens is 395 g/mol. The van der Waals surface area contributed by atoms with Gasteiger partial charge in [-0.3, -0.25) is 4.79 Å². The van der Waals surface area contributed by atoms with Crippen LogP contribution in [0.15, 0.2) is 24.5 Å². The number of hydrogen-bond acceptors (Lipinski definition) is 5. The molecule has 1 aliphatic heterocycles. The predicted octanol–water partition coefficient (Wildman–Crippen LogP) is 2.99. The number of piperazine rings is 1. The molecule has 1 fully saturated rings. The molecule has 0 spiro atoms. The second-order valence-corrected chi connectivity index (χ2v) is 8.34. The average molecular weight is 415 g/mol. The van der Waals surface area contributed by atoms with Crippen molar-refractivity contribution < 1.29 is 13.6 Å². The van der Waals surface area contributed by atoms with Gasteiger partial charge in [0.2, 0.25) is 0 Å². The fraction of sp³-hybridized carbons (Fsp3) is 0.368. The smallest absolute Gasteiger partial charge is 0.268 e. The minimum absolute atomic E-state index is 0.0437. The van der Waals surface area contributed by atoms with Crippen molar-refractivity contribution in [1.82, 2.24) is 14.7 Å². The number of halogens is 2. The van der Waals surface area contributed by atoms with Crippen LogP contribution < -0.4 is 15.5 Å². The van der Waals surface area contributed by atoms with Crippen LogP contribution in [0.25, 0.3) is 5.65 Å². The lowest BCUT2D eigenvalue weighted by Gasteiger charge is -2.38. The highest BCUT2D eigenvalue weighted by molar-refractivity contribution is 7.18. The van der Waals surface area contributed by atoms with Crippen LogP contribution in [0.1, 0.15) is 22.3 Å². The first-order chi connectivity index (χ1) is 13.8. The third kappa shape index (κ3) is 3.99. The molecule has 0 aromatic carbocycles. The van der Waals surface area contributed by atoms with Crippen molar-refractivity contribution in [2.45, 2.75) is 32.3 Å². The maximum Gasteiger partial charge on any atom is 0.268 e. The number of imidazole rings is 1. The summed E-state index contributed by atoms with van der Waals surface area (Å²) in [5, 5.41) is 6.64. The van der Waals surface area contributed by atoms with Gasteiger partial charge in [-0.1, -0.05) is 6.32 Å². The number of rotatable bonds is 4. The fourth-order valence-corrected chi connectivity index (χ4v) is 4.55. The van der Waals surface area contributed by atoms with Crippen LogP contribution >= 0.6 is 11.3 Å². The molecule has 1 unspecified atom stereocenters. The highest BCUT2D eigenvalue weighted by atomic mass is 32.1. The van der Waals surface area contributed by atoms with Gasteiger partial charge in [-0.05, 0) is 13.8 Å². The number of anilines is 2. The van der Waals surface area contributed by atoms with Gasteiger partial charge in [0.25, 0.3) is 5.91 Å². The summed E-state index contributed by atoms with van der Waals surface area (Å²) in [5.74, 6) is -1.78. The van der Waals surface area contributed by atoms with Gasteiger partial charge < -0.3 is 19.9 Å². The Morgan fingerprint density at radius 3 is 2.90 bits per heavy atom. The molecule has 0 aliphatic carbocycles. The molecule has 2 radical (unpaired) electrons. The second-order valence-electron chi connectivity index (χ2n) is 7.31. The SMILES string of the molecule is [B]C[C@@H]1CN(c2cc(F)c(C(=O)Nc3cc(F)c4nc(C)cn4c3)s2)CC(C)N1. The van der Waals surface area contributed by atoms with Crippen molar-refractivity contribution in [3.05, 3.63) is 46.7 Å². The molecule has 1 amide bonds. The number of fused-ring (bicyclic) bond motifs is 1. The van der Waals surface area contributed by atoms with Crippen molar-refractivity contribution in [2.75, 3.05) is 23.3 Å². The largest absolute Gasteiger partial charge is 0.360 e. The Kier molecular flexibility index (Phi) is 5.31. The van der Waals surface area contributed by atoms with Crippen LogP contribution in [0.5, 0.6) is 0 Å². The number of aryl methyl sites for hydroxylation is 1. The van der Waals surface area contributed by atoms with E-state index >= 15 is 0 Å². The van der Waals surface area contributed by atoms with E-state index in [1.807, 2.05) is 11.8 Å². The molecule has 2 atom stereocenters. The molecule has 6 nitrogen and oxygen atoms in total. The molecule has 4 rings (SSSR count). The van der Waals surface area contributed by atoms with E-state index in [9.17, 15) is 13.6 Å². The quantitative estimate of drug-likeness (QED) is 0.644. The Balaban J connectivity index is 1.55. The lowest BCUT2D eigenvalue weighted by Crippen LogP contribution is -2.55. The van der Waals surface area contributed by atoms with Gasteiger partial charge in [-0.2, -0.15) is 0 Å². The topological polar surface area (TPSA) is 61.7 Å². The van der Waals surface area contributed by atoms with Gasteiger partial charge >= 0.3 is 0 Å². The number of nitrogens with one attached hydrogen (secondary N) is 2. The highest BCUT2D eigenvalue weighted by Crippen LogP contribution is 2.31. The van der Waals surface area contributed by atoms with E-state index in [0.717, 1.165) is 11.3 Å². The van der Waals surface area contributed by atoms with Crippen LogP contribution in [0.2, 0.25) is 6.32 Å². The van der Waals surface area contributed by atoms with E-state index in [1.165, 1.54) is 16.5 Å². The Bertz CT molecular complexity index is 1070. The van der Waals surface area contributed by atoms with Crippen LogP contribution in [0, 0.1) is 18.6 Å². The van der Waals surface area contributed by atoms with E-state index in [0.29, 0.717) is 30.1 Å². The molecule has 2 N–H and O–H groups in total. The van der Waals surface area contributed by atoms with Gasteiger partial charge in [0.1, 0.15) is 10.7 Å². The molecule has 4 heterocycles. The van der Waals surface area contributed by atoms with Gasteiger partial charge in [0, 0.05) is 49.7 Å².